The zero-order valence-corrected chi connectivity index (χ0v) is 12.2. The third-order valence-corrected chi connectivity index (χ3v) is 4.19. The number of likely N-dealkylation sites (tertiary alicyclic amines) is 1. The van der Waals surface area contributed by atoms with Gasteiger partial charge in [0.15, 0.2) is 0 Å². The minimum absolute atomic E-state index is 0.726. The summed E-state index contributed by atoms with van der Waals surface area (Å²) in [7, 11) is 0. The molecule has 1 atom stereocenters. The number of nitrogens with zero attached hydrogens (tertiary/aromatic N) is 1. The van der Waals surface area contributed by atoms with Crippen molar-refractivity contribution < 1.29 is 0 Å². The Morgan fingerprint density at radius 1 is 1.18 bits per heavy atom. The summed E-state index contributed by atoms with van der Waals surface area (Å²) in [5, 5.41) is 3.69. The van der Waals surface area contributed by atoms with Gasteiger partial charge < -0.3 is 5.32 Å². The molecule has 1 heterocycles. The summed E-state index contributed by atoms with van der Waals surface area (Å²) in [4.78, 5) is 2.72. The monoisotopic (exact) mass is 240 g/mol. The first kappa shape index (κ1) is 15.0. The number of hydrogen-bond acceptors (Lipinski definition) is 2. The van der Waals surface area contributed by atoms with Crippen molar-refractivity contribution in [3.63, 3.8) is 0 Å². The molecule has 0 bridgehead atoms. The normalized spacial score (nSPS) is 22.2. The second-order valence-electron chi connectivity index (χ2n) is 5.44. The van der Waals surface area contributed by atoms with Crippen LogP contribution in [0.15, 0.2) is 0 Å². The molecular weight excluding hydrogens is 208 g/mol. The molecule has 0 amide bonds. The molecule has 0 aromatic carbocycles. The average molecular weight is 240 g/mol. The summed E-state index contributed by atoms with van der Waals surface area (Å²) in [5.41, 5.74) is 0. The van der Waals surface area contributed by atoms with Gasteiger partial charge in [0.2, 0.25) is 0 Å². The van der Waals surface area contributed by atoms with Crippen LogP contribution in [0.25, 0.3) is 0 Å². The zero-order valence-electron chi connectivity index (χ0n) is 12.2. The molecule has 1 N–H and O–H groups in total. The summed E-state index contributed by atoms with van der Waals surface area (Å²) in [6.07, 6.45) is 9.53. The van der Waals surface area contributed by atoms with Crippen LogP contribution in [-0.4, -0.2) is 36.6 Å². The number of nitrogens with one attached hydrogen (secondary N) is 1. The maximum absolute atomic E-state index is 3.69. The number of hydrogen-bond donors (Lipinski definition) is 1. The first-order chi connectivity index (χ1) is 8.31. The Kier molecular flexibility index (Phi) is 7.87. The Hall–Kier alpha value is -0.0800. The van der Waals surface area contributed by atoms with Gasteiger partial charge in [0.25, 0.3) is 0 Å². The van der Waals surface area contributed by atoms with Crippen LogP contribution in [0.2, 0.25) is 0 Å². The third kappa shape index (κ3) is 5.39. The van der Waals surface area contributed by atoms with Gasteiger partial charge in [-0.1, -0.05) is 33.6 Å². The quantitative estimate of drug-likeness (QED) is 0.699. The van der Waals surface area contributed by atoms with Crippen molar-refractivity contribution in [3.8, 4) is 0 Å². The molecule has 2 nitrogen and oxygen atoms in total. The molecule has 1 rings (SSSR count). The molecule has 0 aromatic heterocycles. The van der Waals surface area contributed by atoms with E-state index in [0.29, 0.717) is 0 Å². The molecule has 1 fully saturated rings. The minimum Gasteiger partial charge on any atom is -0.313 e. The van der Waals surface area contributed by atoms with E-state index < -0.39 is 0 Å². The van der Waals surface area contributed by atoms with Crippen LogP contribution in [0.1, 0.15) is 65.7 Å². The maximum atomic E-state index is 3.69. The Bertz CT molecular complexity index is 176. The van der Waals surface area contributed by atoms with Gasteiger partial charge in [-0.05, 0) is 38.6 Å². The molecule has 102 valence electrons. The lowest BCUT2D eigenvalue weighted by Crippen LogP contribution is -2.44. The van der Waals surface area contributed by atoms with Gasteiger partial charge >= 0.3 is 0 Å². The van der Waals surface area contributed by atoms with E-state index in [1.807, 2.05) is 0 Å². The predicted octanol–water partition coefficient (Wildman–Crippen LogP) is 3.42. The maximum Gasteiger partial charge on any atom is 0.0110 e. The highest BCUT2D eigenvalue weighted by molar-refractivity contribution is 4.77. The molecule has 0 radical (unpaired) electrons. The van der Waals surface area contributed by atoms with Crippen LogP contribution in [0.3, 0.4) is 0 Å². The van der Waals surface area contributed by atoms with E-state index in [0.717, 1.165) is 12.1 Å². The van der Waals surface area contributed by atoms with Crippen molar-refractivity contribution in [2.75, 3.05) is 19.6 Å². The lowest BCUT2D eigenvalue weighted by atomic mass is 9.98. The second kappa shape index (κ2) is 8.93. The lowest BCUT2D eigenvalue weighted by Gasteiger charge is -2.36. The van der Waals surface area contributed by atoms with Crippen LogP contribution < -0.4 is 5.32 Å². The summed E-state index contributed by atoms with van der Waals surface area (Å²) < 4.78 is 0. The van der Waals surface area contributed by atoms with E-state index in [4.69, 9.17) is 0 Å². The smallest absolute Gasteiger partial charge is 0.0110 e. The topological polar surface area (TPSA) is 15.3 Å². The summed E-state index contributed by atoms with van der Waals surface area (Å²) in [5.74, 6) is 0. The van der Waals surface area contributed by atoms with E-state index in [9.17, 15) is 0 Å². The Labute approximate surface area is 108 Å². The summed E-state index contributed by atoms with van der Waals surface area (Å²) in [6, 6.07) is 1.60. The van der Waals surface area contributed by atoms with Gasteiger partial charge in [-0.2, -0.15) is 0 Å². The molecule has 0 spiro atoms. The van der Waals surface area contributed by atoms with E-state index in [2.05, 4.69) is 31.0 Å². The number of rotatable bonds is 8. The molecule has 0 aromatic rings. The fourth-order valence-electron chi connectivity index (χ4n) is 3.00. The largest absolute Gasteiger partial charge is 0.313 e. The molecule has 1 aliphatic heterocycles. The predicted molar refractivity (Wildman–Crippen MR) is 76.5 cm³/mol. The average Bonchev–Trinajstić information content (AvgIpc) is 2.37. The highest BCUT2D eigenvalue weighted by atomic mass is 15.2. The molecular formula is C15H32N2. The fraction of sp³-hybridized carbons (Fsp3) is 1.00. The molecule has 0 saturated carbocycles. The third-order valence-electron chi connectivity index (χ3n) is 4.19. The van der Waals surface area contributed by atoms with E-state index >= 15 is 0 Å². The van der Waals surface area contributed by atoms with Crippen LogP contribution in [0, 0.1) is 0 Å². The molecule has 1 aliphatic rings. The van der Waals surface area contributed by atoms with Gasteiger partial charge in [0.1, 0.15) is 0 Å². The Balaban J connectivity index is 2.23. The molecule has 1 unspecified atom stereocenters. The van der Waals surface area contributed by atoms with Gasteiger partial charge in [-0.25, -0.2) is 0 Å². The van der Waals surface area contributed by atoms with Crippen molar-refractivity contribution in [3.05, 3.63) is 0 Å². The lowest BCUT2D eigenvalue weighted by molar-refractivity contribution is 0.139. The van der Waals surface area contributed by atoms with Crippen molar-refractivity contribution >= 4 is 0 Å². The highest BCUT2D eigenvalue weighted by Gasteiger charge is 2.20. The number of piperidine rings is 1. The zero-order chi connectivity index (χ0) is 12.5. The van der Waals surface area contributed by atoms with Gasteiger partial charge in [0, 0.05) is 25.2 Å². The van der Waals surface area contributed by atoms with Crippen molar-refractivity contribution in [1.29, 1.82) is 0 Å². The van der Waals surface area contributed by atoms with Crippen LogP contribution >= 0.6 is 0 Å². The first-order valence-corrected chi connectivity index (χ1v) is 7.79. The van der Waals surface area contributed by atoms with Crippen molar-refractivity contribution in [2.45, 2.75) is 77.8 Å². The molecule has 0 aliphatic carbocycles. The Morgan fingerprint density at radius 3 is 2.59 bits per heavy atom. The molecule has 17 heavy (non-hydrogen) atoms. The fourth-order valence-corrected chi connectivity index (χ4v) is 3.00. The summed E-state index contributed by atoms with van der Waals surface area (Å²) >= 11 is 0. The van der Waals surface area contributed by atoms with Gasteiger partial charge in [-0.15, -0.1) is 0 Å². The Morgan fingerprint density at radius 2 is 1.94 bits per heavy atom. The second-order valence-corrected chi connectivity index (χ2v) is 5.44. The van der Waals surface area contributed by atoms with Crippen LogP contribution in [-0.2, 0) is 0 Å². The van der Waals surface area contributed by atoms with Crippen LogP contribution in [0.4, 0.5) is 0 Å². The first-order valence-electron chi connectivity index (χ1n) is 7.79. The van der Waals surface area contributed by atoms with E-state index in [1.165, 1.54) is 64.6 Å². The molecule has 1 saturated heterocycles. The summed E-state index contributed by atoms with van der Waals surface area (Å²) in [6.45, 7) is 10.6. The molecule has 2 heteroatoms. The van der Waals surface area contributed by atoms with E-state index in [1.54, 1.807) is 0 Å². The van der Waals surface area contributed by atoms with E-state index in [-0.39, 0.29) is 0 Å². The highest BCUT2D eigenvalue weighted by Crippen LogP contribution is 2.20. The van der Waals surface area contributed by atoms with Gasteiger partial charge in [-0.3, -0.25) is 4.90 Å². The van der Waals surface area contributed by atoms with Crippen molar-refractivity contribution in [1.82, 2.24) is 10.2 Å². The van der Waals surface area contributed by atoms with Crippen molar-refractivity contribution in [2.24, 2.45) is 0 Å². The SMILES string of the molecule is CCCC1CCCCN1CCNC(CC)CC. The van der Waals surface area contributed by atoms with Crippen LogP contribution in [0.5, 0.6) is 0 Å². The standard InChI is InChI=1S/C15H32N2/c1-4-9-15-10-7-8-12-17(15)13-11-16-14(5-2)6-3/h14-16H,4-13H2,1-3H3. The van der Waals surface area contributed by atoms with Gasteiger partial charge in [0.05, 0.1) is 0 Å². The minimum atomic E-state index is 0.726.